The quantitative estimate of drug-likeness (QED) is 0.208. The molecule has 8 N–H and O–H groups in total. The standard InChI is InChI=1S/C14H26N4O7/c1-6(2)10(18-11(21)8(15)4-19)13(23)17-9(5-20)12(22)16-7(3)14(24)25/h6-10,19-20H,4-5,15H2,1-3H3,(H,16,22)(H,17,23)(H,18,21)(H,24,25). The summed E-state index contributed by atoms with van der Waals surface area (Å²) in [5.41, 5.74) is 5.37. The van der Waals surface area contributed by atoms with Gasteiger partial charge in [0.15, 0.2) is 0 Å². The van der Waals surface area contributed by atoms with Crippen LogP contribution in [0.25, 0.3) is 0 Å². The molecule has 4 unspecified atom stereocenters. The van der Waals surface area contributed by atoms with E-state index < -0.39 is 61.1 Å². The fourth-order valence-electron chi connectivity index (χ4n) is 1.71. The Morgan fingerprint density at radius 2 is 1.44 bits per heavy atom. The molecule has 0 aliphatic rings. The number of carboxylic acids is 1. The van der Waals surface area contributed by atoms with Crippen LogP contribution in [-0.4, -0.2) is 76.4 Å². The molecule has 0 spiro atoms. The molecule has 0 saturated heterocycles. The Morgan fingerprint density at radius 3 is 1.84 bits per heavy atom. The second-order valence-electron chi connectivity index (χ2n) is 5.83. The van der Waals surface area contributed by atoms with Gasteiger partial charge in [-0.1, -0.05) is 13.8 Å². The van der Waals surface area contributed by atoms with Crippen LogP contribution in [0.15, 0.2) is 0 Å². The molecule has 11 heteroatoms. The van der Waals surface area contributed by atoms with E-state index in [1.54, 1.807) is 13.8 Å². The zero-order valence-electron chi connectivity index (χ0n) is 14.4. The smallest absolute Gasteiger partial charge is 0.325 e. The third-order valence-electron chi connectivity index (χ3n) is 3.33. The van der Waals surface area contributed by atoms with Crippen molar-refractivity contribution in [1.29, 1.82) is 0 Å². The van der Waals surface area contributed by atoms with E-state index in [0.717, 1.165) is 0 Å². The Hall–Kier alpha value is -2.24. The fourth-order valence-corrected chi connectivity index (χ4v) is 1.71. The maximum Gasteiger partial charge on any atom is 0.325 e. The van der Waals surface area contributed by atoms with Crippen molar-refractivity contribution in [2.45, 2.75) is 44.9 Å². The lowest BCUT2D eigenvalue weighted by Gasteiger charge is -2.25. The molecule has 11 nitrogen and oxygen atoms in total. The van der Waals surface area contributed by atoms with Crippen molar-refractivity contribution >= 4 is 23.7 Å². The molecule has 144 valence electrons. The summed E-state index contributed by atoms with van der Waals surface area (Å²) in [6.07, 6.45) is 0. The molecule has 0 fully saturated rings. The minimum Gasteiger partial charge on any atom is -0.480 e. The first-order valence-electron chi connectivity index (χ1n) is 7.66. The van der Waals surface area contributed by atoms with E-state index >= 15 is 0 Å². The molecule has 0 aliphatic heterocycles. The molecule has 0 aromatic rings. The first-order valence-corrected chi connectivity index (χ1v) is 7.66. The van der Waals surface area contributed by atoms with E-state index in [2.05, 4.69) is 16.0 Å². The molecule has 4 atom stereocenters. The van der Waals surface area contributed by atoms with Crippen molar-refractivity contribution in [3.8, 4) is 0 Å². The molecule has 0 bridgehead atoms. The lowest BCUT2D eigenvalue weighted by molar-refractivity contribution is -0.142. The summed E-state index contributed by atoms with van der Waals surface area (Å²) in [4.78, 5) is 46.7. The van der Waals surface area contributed by atoms with Crippen LogP contribution < -0.4 is 21.7 Å². The highest BCUT2D eigenvalue weighted by molar-refractivity contribution is 5.94. The number of hydrogen-bond donors (Lipinski definition) is 7. The number of carbonyl (C=O) groups is 4. The number of aliphatic carboxylic acids is 1. The first kappa shape index (κ1) is 22.8. The van der Waals surface area contributed by atoms with E-state index in [-0.39, 0.29) is 5.92 Å². The average molecular weight is 362 g/mol. The van der Waals surface area contributed by atoms with Crippen molar-refractivity contribution in [2.24, 2.45) is 11.7 Å². The molecule has 0 rings (SSSR count). The SMILES string of the molecule is CC(NC(=O)C(CO)NC(=O)C(NC(=O)C(N)CO)C(C)C)C(=O)O. The number of rotatable bonds is 10. The van der Waals surface area contributed by atoms with Gasteiger partial charge in [-0.05, 0) is 12.8 Å². The largest absolute Gasteiger partial charge is 0.480 e. The molecule has 0 heterocycles. The zero-order valence-corrected chi connectivity index (χ0v) is 14.4. The molecule has 0 aromatic heterocycles. The number of aliphatic hydroxyl groups is 2. The number of amides is 3. The second kappa shape index (κ2) is 10.6. The maximum atomic E-state index is 12.3. The Labute approximate surface area is 145 Å². The third kappa shape index (κ3) is 7.45. The van der Waals surface area contributed by atoms with Crippen molar-refractivity contribution in [3.63, 3.8) is 0 Å². The zero-order chi connectivity index (χ0) is 19.7. The minimum absolute atomic E-state index is 0.379. The number of nitrogens with one attached hydrogen (secondary N) is 3. The molecule has 3 amide bonds. The van der Waals surface area contributed by atoms with Gasteiger partial charge in [-0.15, -0.1) is 0 Å². The van der Waals surface area contributed by atoms with Crippen LogP contribution in [-0.2, 0) is 19.2 Å². The molecule has 0 radical (unpaired) electrons. The Balaban J connectivity index is 4.98. The van der Waals surface area contributed by atoms with Crippen LogP contribution in [0, 0.1) is 5.92 Å². The summed E-state index contributed by atoms with van der Waals surface area (Å²) >= 11 is 0. The molecule has 0 aromatic carbocycles. The molecule has 0 aliphatic carbocycles. The lowest BCUT2D eigenvalue weighted by atomic mass is 10.0. The van der Waals surface area contributed by atoms with Crippen LogP contribution in [0.3, 0.4) is 0 Å². The highest BCUT2D eigenvalue weighted by Crippen LogP contribution is 2.03. The predicted molar refractivity (Wildman–Crippen MR) is 86.1 cm³/mol. The van der Waals surface area contributed by atoms with Crippen molar-refractivity contribution < 1.29 is 34.5 Å². The van der Waals surface area contributed by atoms with Gasteiger partial charge in [0, 0.05) is 0 Å². The van der Waals surface area contributed by atoms with E-state index in [4.69, 9.17) is 15.9 Å². The van der Waals surface area contributed by atoms with Gasteiger partial charge in [0.25, 0.3) is 0 Å². The summed E-state index contributed by atoms with van der Waals surface area (Å²) in [7, 11) is 0. The van der Waals surface area contributed by atoms with Crippen molar-refractivity contribution in [3.05, 3.63) is 0 Å². The summed E-state index contributed by atoms with van der Waals surface area (Å²) in [5.74, 6) is -4.05. The van der Waals surface area contributed by atoms with Gasteiger partial charge in [-0.3, -0.25) is 19.2 Å². The lowest BCUT2D eigenvalue weighted by Crippen LogP contribution is -2.59. The Kier molecular flexibility index (Phi) is 9.64. The topological polar surface area (TPSA) is 191 Å². The predicted octanol–water partition coefficient (Wildman–Crippen LogP) is -3.49. The fraction of sp³-hybridized carbons (Fsp3) is 0.714. The number of aliphatic hydroxyl groups excluding tert-OH is 2. The Bertz CT molecular complexity index is 498. The van der Waals surface area contributed by atoms with Gasteiger partial charge in [0.05, 0.1) is 13.2 Å². The van der Waals surface area contributed by atoms with Crippen LogP contribution in [0.1, 0.15) is 20.8 Å². The summed E-state index contributed by atoms with van der Waals surface area (Å²) in [6, 6.07) is -4.87. The molecular formula is C14H26N4O7. The minimum atomic E-state index is -1.39. The van der Waals surface area contributed by atoms with Crippen LogP contribution in [0.4, 0.5) is 0 Å². The summed E-state index contributed by atoms with van der Waals surface area (Å²) in [5, 5.41) is 33.6. The highest BCUT2D eigenvalue weighted by Gasteiger charge is 2.30. The molecular weight excluding hydrogens is 336 g/mol. The van der Waals surface area contributed by atoms with Crippen LogP contribution >= 0.6 is 0 Å². The second-order valence-corrected chi connectivity index (χ2v) is 5.83. The van der Waals surface area contributed by atoms with E-state index in [1.807, 2.05) is 0 Å². The van der Waals surface area contributed by atoms with E-state index in [0.29, 0.717) is 0 Å². The molecule has 25 heavy (non-hydrogen) atoms. The van der Waals surface area contributed by atoms with Gasteiger partial charge in [0.1, 0.15) is 24.2 Å². The van der Waals surface area contributed by atoms with Crippen molar-refractivity contribution in [2.75, 3.05) is 13.2 Å². The number of nitrogens with two attached hydrogens (primary N) is 1. The van der Waals surface area contributed by atoms with Gasteiger partial charge < -0.3 is 37.0 Å². The highest BCUT2D eigenvalue weighted by atomic mass is 16.4. The average Bonchev–Trinajstić information content (AvgIpc) is 2.55. The van der Waals surface area contributed by atoms with Gasteiger partial charge in [-0.25, -0.2) is 0 Å². The van der Waals surface area contributed by atoms with Gasteiger partial charge >= 0.3 is 5.97 Å². The normalized spacial score (nSPS) is 15.6. The number of carbonyl (C=O) groups excluding carboxylic acids is 3. The molecule has 0 saturated carbocycles. The monoisotopic (exact) mass is 362 g/mol. The maximum absolute atomic E-state index is 12.3. The van der Waals surface area contributed by atoms with Crippen LogP contribution in [0.5, 0.6) is 0 Å². The van der Waals surface area contributed by atoms with Crippen molar-refractivity contribution in [1.82, 2.24) is 16.0 Å². The van der Waals surface area contributed by atoms with E-state index in [9.17, 15) is 24.3 Å². The van der Waals surface area contributed by atoms with E-state index in [1.165, 1.54) is 6.92 Å². The van der Waals surface area contributed by atoms with Crippen LogP contribution in [0.2, 0.25) is 0 Å². The first-order chi connectivity index (χ1) is 11.5. The summed E-state index contributed by atoms with van der Waals surface area (Å²) in [6.45, 7) is 3.13. The third-order valence-corrected chi connectivity index (χ3v) is 3.33. The van der Waals surface area contributed by atoms with Gasteiger partial charge in [0.2, 0.25) is 17.7 Å². The number of carboxylic acid groups (broad SMARTS) is 1. The Morgan fingerprint density at radius 1 is 0.880 bits per heavy atom. The van der Waals surface area contributed by atoms with Gasteiger partial charge in [-0.2, -0.15) is 0 Å². The number of hydrogen-bond acceptors (Lipinski definition) is 7. The summed E-state index contributed by atoms with van der Waals surface area (Å²) < 4.78 is 0.